The molecule has 0 fully saturated rings. The maximum Gasteiger partial charge on any atom is 0.180 e. The van der Waals surface area contributed by atoms with Crippen LogP contribution in [-0.2, 0) is 17.1 Å². The van der Waals surface area contributed by atoms with Crippen molar-refractivity contribution in [2.24, 2.45) is 0 Å². The molecule has 0 saturated heterocycles. The molecule has 11 heavy (non-hydrogen) atoms. The Bertz CT molecular complexity index is 292. The molecule has 0 saturated carbocycles. The molecule has 0 aliphatic carbocycles. The predicted molar refractivity (Wildman–Crippen MR) is 37.4 cm³/mol. The van der Waals surface area contributed by atoms with E-state index < -0.39 is 0 Å². The third kappa shape index (κ3) is 2.03. The number of nitrogens with one attached hydrogen (secondary N) is 1. The summed E-state index contributed by atoms with van der Waals surface area (Å²) in [6.45, 7) is 0. The molecule has 1 N–H and O–H groups in total. The number of rotatable bonds is 0. The van der Waals surface area contributed by atoms with Crippen LogP contribution in [0.3, 0.4) is 0 Å². The van der Waals surface area contributed by atoms with Crippen LogP contribution >= 0.6 is 0 Å². The van der Waals surface area contributed by atoms with Crippen molar-refractivity contribution in [1.82, 2.24) is 19.9 Å². The number of H-pyrrole nitrogens is 1. The van der Waals surface area contributed by atoms with E-state index in [2.05, 4.69) is 19.9 Å². The molecule has 0 atom stereocenters. The van der Waals surface area contributed by atoms with Gasteiger partial charge in [-0.1, -0.05) is 0 Å². The van der Waals surface area contributed by atoms with Gasteiger partial charge < -0.3 is 4.98 Å². The summed E-state index contributed by atoms with van der Waals surface area (Å²) in [5, 5.41) is 0. The zero-order valence-corrected chi connectivity index (χ0v) is 8.36. The van der Waals surface area contributed by atoms with E-state index in [1.54, 1.807) is 12.5 Å². The molecule has 4 nitrogen and oxygen atoms in total. The van der Waals surface area contributed by atoms with Crippen molar-refractivity contribution < 1.29 is 17.1 Å². The van der Waals surface area contributed by atoms with E-state index in [0.717, 1.165) is 5.52 Å². The minimum absolute atomic E-state index is 0. The summed E-state index contributed by atoms with van der Waals surface area (Å²) in [5.41, 5.74) is 1.59. The first-order valence-electron chi connectivity index (χ1n) is 2.56. The maximum absolute atomic E-state index is 3.91. The Hall–Kier alpha value is -0.372. The third-order valence-corrected chi connectivity index (χ3v) is 1.10. The number of aromatic nitrogens is 4. The Balaban J connectivity index is 0.000000500. The van der Waals surface area contributed by atoms with Crippen molar-refractivity contribution >= 4 is 29.1 Å². The quantitative estimate of drug-likeness (QED) is 0.669. The van der Waals surface area contributed by atoms with Gasteiger partial charge in [-0.05, 0) is 0 Å². The van der Waals surface area contributed by atoms with Crippen molar-refractivity contribution in [3.8, 4) is 0 Å². The maximum atomic E-state index is 3.91. The van der Waals surface area contributed by atoms with Crippen LogP contribution in [0.25, 0.3) is 11.2 Å². The zero-order chi connectivity index (χ0) is 6.10. The monoisotopic (exact) mass is 251 g/mol. The fourth-order valence-electron chi connectivity index (χ4n) is 0.691. The standard InChI is InChI=1S/C5H4N4.As.Fe/c1-4-5(8-2-6-1)9-3-7-4;;/h1-3H,(H,6,7,8,9);;. The van der Waals surface area contributed by atoms with Gasteiger partial charge in [0.2, 0.25) is 0 Å². The molecule has 3 radical (unpaired) electrons. The van der Waals surface area contributed by atoms with Crippen molar-refractivity contribution in [3.63, 3.8) is 0 Å². The van der Waals surface area contributed by atoms with E-state index in [1.807, 2.05) is 0 Å². The Morgan fingerprint density at radius 1 is 1.27 bits per heavy atom. The molecule has 2 rings (SSSR count). The molecule has 0 aliphatic rings. The minimum Gasteiger partial charge on any atom is -0.342 e. The van der Waals surface area contributed by atoms with Crippen LogP contribution in [-0.4, -0.2) is 37.9 Å². The first-order chi connectivity index (χ1) is 4.47. The van der Waals surface area contributed by atoms with Crippen LogP contribution in [0, 0.1) is 0 Å². The Labute approximate surface area is 85.0 Å². The average Bonchev–Trinajstić information content (AvgIpc) is 2.33. The van der Waals surface area contributed by atoms with Gasteiger partial charge in [0.05, 0.1) is 12.5 Å². The van der Waals surface area contributed by atoms with Crippen LogP contribution in [0.15, 0.2) is 18.9 Å². The summed E-state index contributed by atoms with van der Waals surface area (Å²) >= 11 is 0. The molecule has 0 spiro atoms. The summed E-state index contributed by atoms with van der Waals surface area (Å²) < 4.78 is 0. The summed E-state index contributed by atoms with van der Waals surface area (Å²) in [6, 6.07) is 0. The van der Waals surface area contributed by atoms with Crippen molar-refractivity contribution in [3.05, 3.63) is 18.9 Å². The molecule has 0 bridgehead atoms. The van der Waals surface area contributed by atoms with Crippen molar-refractivity contribution in [1.29, 1.82) is 0 Å². The van der Waals surface area contributed by atoms with Crippen molar-refractivity contribution in [2.45, 2.75) is 0 Å². The second-order valence-electron chi connectivity index (χ2n) is 1.66. The fourth-order valence-corrected chi connectivity index (χ4v) is 0.691. The van der Waals surface area contributed by atoms with Crippen LogP contribution in [0.1, 0.15) is 0 Å². The Kier molecular flexibility index (Phi) is 4.34. The molecule has 2 aromatic heterocycles. The van der Waals surface area contributed by atoms with Gasteiger partial charge >= 0.3 is 0 Å². The molecular weight excluding hydrogens is 247 g/mol. The van der Waals surface area contributed by atoms with Gasteiger partial charge in [-0.25, -0.2) is 15.0 Å². The van der Waals surface area contributed by atoms with Gasteiger partial charge in [-0.2, -0.15) is 0 Å². The molecule has 6 heteroatoms. The molecular formula is C5H4AsFeN4. The van der Waals surface area contributed by atoms with Gasteiger partial charge in [0.1, 0.15) is 11.8 Å². The first-order valence-corrected chi connectivity index (χ1v) is 2.56. The fraction of sp³-hybridized carbons (Fsp3) is 0. The molecule has 2 heterocycles. The topological polar surface area (TPSA) is 54.5 Å². The number of fused-ring (bicyclic) bond motifs is 1. The van der Waals surface area contributed by atoms with E-state index in [-0.39, 0.29) is 35.0 Å². The molecule has 0 aliphatic heterocycles. The van der Waals surface area contributed by atoms with E-state index in [9.17, 15) is 0 Å². The number of nitrogens with zero attached hydrogens (tertiary/aromatic N) is 3. The van der Waals surface area contributed by atoms with E-state index in [4.69, 9.17) is 0 Å². The second-order valence-corrected chi connectivity index (χ2v) is 1.66. The van der Waals surface area contributed by atoms with Crippen LogP contribution < -0.4 is 0 Å². The summed E-state index contributed by atoms with van der Waals surface area (Å²) in [4.78, 5) is 14.5. The van der Waals surface area contributed by atoms with E-state index in [1.165, 1.54) is 6.33 Å². The smallest absolute Gasteiger partial charge is 0.180 e. The van der Waals surface area contributed by atoms with Crippen LogP contribution in [0.2, 0.25) is 0 Å². The van der Waals surface area contributed by atoms with Gasteiger partial charge in [0.15, 0.2) is 5.65 Å². The molecule has 2 aromatic rings. The largest absolute Gasteiger partial charge is 0.342 e. The molecule has 0 amide bonds. The summed E-state index contributed by atoms with van der Waals surface area (Å²) in [5.74, 6) is 0. The normalized spacial score (nSPS) is 8.36. The van der Waals surface area contributed by atoms with Crippen LogP contribution in [0.5, 0.6) is 0 Å². The number of imidazole rings is 1. The minimum atomic E-state index is 0. The zero-order valence-electron chi connectivity index (χ0n) is 5.37. The Morgan fingerprint density at radius 3 is 2.82 bits per heavy atom. The summed E-state index contributed by atoms with van der Waals surface area (Å²) in [6.07, 6.45) is 4.76. The van der Waals surface area contributed by atoms with Crippen LogP contribution in [0.4, 0.5) is 0 Å². The number of hydrogen-bond donors (Lipinski definition) is 1. The first kappa shape index (κ1) is 10.6. The van der Waals surface area contributed by atoms with Gasteiger partial charge in [-0.15, -0.1) is 0 Å². The molecule has 57 valence electrons. The average molecular weight is 251 g/mol. The summed E-state index contributed by atoms with van der Waals surface area (Å²) in [7, 11) is 0. The number of hydrogen-bond acceptors (Lipinski definition) is 3. The van der Waals surface area contributed by atoms with Gasteiger partial charge in [0.25, 0.3) is 0 Å². The van der Waals surface area contributed by atoms with Gasteiger partial charge in [0, 0.05) is 35.0 Å². The molecule has 0 unspecified atom stereocenters. The SMILES string of the molecule is [As].[Fe].c1ncc2[nH]cnc2n1. The number of aromatic amines is 1. The van der Waals surface area contributed by atoms with Crippen molar-refractivity contribution in [2.75, 3.05) is 0 Å². The third-order valence-electron chi connectivity index (χ3n) is 1.10. The Morgan fingerprint density at radius 2 is 2.09 bits per heavy atom. The van der Waals surface area contributed by atoms with E-state index >= 15 is 0 Å². The second kappa shape index (κ2) is 4.49. The van der Waals surface area contributed by atoms with E-state index in [0.29, 0.717) is 5.65 Å². The predicted octanol–water partition coefficient (Wildman–Crippen LogP) is -0.0304. The molecule has 0 aromatic carbocycles. The van der Waals surface area contributed by atoms with Gasteiger partial charge in [-0.3, -0.25) is 0 Å².